The van der Waals surface area contributed by atoms with Crippen molar-refractivity contribution < 1.29 is 9.53 Å². The molecule has 0 amide bonds. The zero-order chi connectivity index (χ0) is 11.1. The lowest BCUT2D eigenvalue weighted by Gasteiger charge is -2.17. The molecule has 0 saturated carbocycles. The molecule has 0 spiro atoms. The highest BCUT2D eigenvalue weighted by Crippen LogP contribution is 2.34. The Bertz CT molecular complexity index is 439. The molecule has 2 rings (SSSR count). The third kappa shape index (κ3) is 1.31. The van der Waals surface area contributed by atoms with E-state index in [-0.39, 0.29) is 5.78 Å². The molecule has 0 aliphatic carbocycles. The molecule has 0 bridgehead atoms. The summed E-state index contributed by atoms with van der Waals surface area (Å²) in [6.07, 6.45) is 1.63. The Labute approximate surface area is 88.8 Å². The van der Waals surface area contributed by atoms with Crippen LogP contribution in [0.3, 0.4) is 0 Å². The van der Waals surface area contributed by atoms with Crippen molar-refractivity contribution in [1.82, 2.24) is 0 Å². The maximum absolute atomic E-state index is 12.0. The number of benzene rings is 1. The Morgan fingerprint density at radius 3 is 2.87 bits per heavy atom. The van der Waals surface area contributed by atoms with Crippen LogP contribution in [0.1, 0.15) is 17.3 Å². The number of fused-ring (bicyclic) bond motifs is 1. The first-order valence-electron chi connectivity index (χ1n) is 4.75. The summed E-state index contributed by atoms with van der Waals surface area (Å²) in [5.41, 5.74) is 0.814. The molecule has 1 aliphatic rings. The lowest BCUT2D eigenvalue weighted by atomic mass is 9.96. The van der Waals surface area contributed by atoms with E-state index in [0.29, 0.717) is 11.3 Å². The SMILES string of the molecule is C=C[C@@]1(C)Nc2ccc(OC)cc2C1=O. The Hall–Kier alpha value is -1.77. The highest BCUT2D eigenvalue weighted by Gasteiger charge is 2.38. The van der Waals surface area contributed by atoms with E-state index < -0.39 is 5.54 Å². The van der Waals surface area contributed by atoms with E-state index in [9.17, 15) is 4.79 Å². The quantitative estimate of drug-likeness (QED) is 0.749. The van der Waals surface area contributed by atoms with Gasteiger partial charge in [-0.3, -0.25) is 4.79 Å². The van der Waals surface area contributed by atoms with Gasteiger partial charge in [0.1, 0.15) is 11.3 Å². The van der Waals surface area contributed by atoms with Gasteiger partial charge in [-0.15, -0.1) is 6.58 Å². The summed E-state index contributed by atoms with van der Waals surface area (Å²) in [5, 5.41) is 3.14. The zero-order valence-corrected chi connectivity index (χ0v) is 8.83. The van der Waals surface area contributed by atoms with Crippen molar-refractivity contribution in [3.63, 3.8) is 0 Å². The molecule has 1 N–H and O–H groups in total. The van der Waals surface area contributed by atoms with Crippen LogP contribution in [0.4, 0.5) is 5.69 Å². The van der Waals surface area contributed by atoms with Gasteiger partial charge >= 0.3 is 0 Å². The first-order valence-corrected chi connectivity index (χ1v) is 4.75. The Kier molecular flexibility index (Phi) is 2.03. The molecule has 1 aromatic carbocycles. The fourth-order valence-corrected chi connectivity index (χ4v) is 1.71. The lowest BCUT2D eigenvalue weighted by Crippen LogP contribution is -2.35. The van der Waals surface area contributed by atoms with Crippen LogP contribution in [0, 0.1) is 0 Å². The van der Waals surface area contributed by atoms with Crippen molar-refractivity contribution in [1.29, 1.82) is 0 Å². The van der Waals surface area contributed by atoms with Crippen LogP contribution in [0.2, 0.25) is 0 Å². The molecule has 0 radical (unpaired) electrons. The van der Waals surface area contributed by atoms with Crippen molar-refractivity contribution in [2.45, 2.75) is 12.5 Å². The maximum atomic E-state index is 12.0. The molecule has 0 aromatic heterocycles. The molecule has 0 fully saturated rings. The largest absolute Gasteiger partial charge is 0.497 e. The van der Waals surface area contributed by atoms with E-state index in [1.54, 1.807) is 19.3 Å². The first kappa shape index (κ1) is 9.77. The number of methoxy groups -OCH3 is 1. The molecular weight excluding hydrogens is 190 g/mol. The molecule has 3 heteroatoms. The van der Waals surface area contributed by atoms with Crippen molar-refractivity contribution in [2.75, 3.05) is 12.4 Å². The summed E-state index contributed by atoms with van der Waals surface area (Å²) in [4.78, 5) is 12.0. The molecule has 0 unspecified atom stereocenters. The minimum absolute atomic E-state index is 0.0337. The number of ketones is 1. The van der Waals surface area contributed by atoms with E-state index in [0.717, 1.165) is 5.69 Å². The summed E-state index contributed by atoms with van der Waals surface area (Å²) in [6, 6.07) is 5.42. The number of Topliss-reactive ketones (excluding diaryl/α,β-unsaturated/α-hetero) is 1. The predicted octanol–water partition coefficient (Wildman–Crippen LogP) is 2.25. The van der Waals surface area contributed by atoms with Gasteiger partial charge in [0.05, 0.1) is 7.11 Å². The second-order valence-corrected chi connectivity index (χ2v) is 3.77. The smallest absolute Gasteiger partial charge is 0.194 e. The summed E-state index contributed by atoms with van der Waals surface area (Å²) < 4.78 is 5.08. The predicted molar refractivity (Wildman–Crippen MR) is 59.5 cm³/mol. The average molecular weight is 203 g/mol. The van der Waals surface area contributed by atoms with Gasteiger partial charge in [0.2, 0.25) is 0 Å². The number of ether oxygens (including phenoxy) is 1. The molecule has 78 valence electrons. The summed E-state index contributed by atoms with van der Waals surface area (Å²) in [6.45, 7) is 5.49. The number of hydrogen-bond acceptors (Lipinski definition) is 3. The number of nitrogens with one attached hydrogen (secondary N) is 1. The van der Waals surface area contributed by atoms with Gasteiger partial charge in [-0.05, 0) is 25.1 Å². The fraction of sp³-hybridized carbons (Fsp3) is 0.250. The molecule has 1 atom stereocenters. The monoisotopic (exact) mass is 203 g/mol. The van der Waals surface area contributed by atoms with Crippen molar-refractivity contribution in [2.24, 2.45) is 0 Å². The highest BCUT2D eigenvalue weighted by molar-refractivity contribution is 6.14. The van der Waals surface area contributed by atoms with Crippen LogP contribution in [-0.4, -0.2) is 18.4 Å². The molecule has 1 aliphatic heterocycles. The standard InChI is InChI=1S/C12H13NO2/c1-4-12(2)11(14)9-7-8(15-3)5-6-10(9)13-12/h4-7,13H,1H2,2-3H3/t12-/m1/s1. The molecule has 3 nitrogen and oxygen atoms in total. The van der Waals surface area contributed by atoms with Gasteiger partial charge in [0.15, 0.2) is 5.78 Å². The van der Waals surface area contributed by atoms with Gasteiger partial charge in [-0.1, -0.05) is 6.08 Å². The highest BCUT2D eigenvalue weighted by atomic mass is 16.5. The number of carbonyl (C=O) groups is 1. The average Bonchev–Trinajstić information content (AvgIpc) is 2.52. The Morgan fingerprint density at radius 2 is 2.27 bits per heavy atom. The zero-order valence-electron chi connectivity index (χ0n) is 8.83. The Balaban J connectivity index is 2.51. The van der Waals surface area contributed by atoms with E-state index in [4.69, 9.17) is 4.74 Å². The maximum Gasteiger partial charge on any atom is 0.194 e. The second-order valence-electron chi connectivity index (χ2n) is 3.77. The third-order valence-corrected chi connectivity index (χ3v) is 2.75. The van der Waals surface area contributed by atoms with E-state index >= 15 is 0 Å². The summed E-state index contributed by atoms with van der Waals surface area (Å²) in [7, 11) is 1.58. The molecule has 15 heavy (non-hydrogen) atoms. The van der Waals surface area contributed by atoms with Crippen LogP contribution < -0.4 is 10.1 Å². The molecule has 0 saturated heterocycles. The normalized spacial score (nSPS) is 23.2. The Morgan fingerprint density at radius 1 is 1.53 bits per heavy atom. The first-order chi connectivity index (χ1) is 7.10. The molecule has 1 aromatic rings. The summed E-state index contributed by atoms with van der Waals surface area (Å²) in [5.74, 6) is 0.726. The van der Waals surface area contributed by atoms with Gasteiger partial charge in [-0.25, -0.2) is 0 Å². The van der Waals surface area contributed by atoms with Crippen molar-refractivity contribution >= 4 is 11.5 Å². The minimum atomic E-state index is -0.686. The fourth-order valence-electron chi connectivity index (χ4n) is 1.71. The van der Waals surface area contributed by atoms with Crippen LogP contribution in [0.25, 0.3) is 0 Å². The topological polar surface area (TPSA) is 38.3 Å². The van der Waals surface area contributed by atoms with E-state index in [1.165, 1.54) is 0 Å². The third-order valence-electron chi connectivity index (χ3n) is 2.75. The number of hydrogen-bond donors (Lipinski definition) is 1. The number of carbonyl (C=O) groups excluding carboxylic acids is 1. The number of anilines is 1. The number of rotatable bonds is 2. The van der Waals surface area contributed by atoms with Crippen molar-refractivity contribution in [3.05, 3.63) is 36.4 Å². The van der Waals surface area contributed by atoms with E-state index in [2.05, 4.69) is 11.9 Å². The van der Waals surface area contributed by atoms with E-state index in [1.807, 2.05) is 19.1 Å². The van der Waals surface area contributed by atoms with Gasteiger partial charge in [0.25, 0.3) is 0 Å². The van der Waals surface area contributed by atoms with Crippen molar-refractivity contribution in [3.8, 4) is 5.75 Å². The summed E-state index contributed by atoms with van der Waals surface area (Å²) >= 11 is 0. The second kappa shape index (κ2) is 3.12. The van der Waals surface area contributed by atoms with Crippen LogP contribution in [-0.2, 0) is 0 Å². The van der Waals surface area contributed by atoms with Crippen LogP contribution >= 0.6 is 0 Å². The van der Waals surface area contributed by atoms with Gasteiger partial charge in [-0.2, -0.15) is 0 Å². The van der Waals surface area contributed by atoms with Gasteiger partial charge in [0, 0.05) is 11.3 Å². The molecular formula is C12H13NO2. The van der Waals surface area contributed by atoms with Crippen LogP contribution in [0.15, 0.2) is 30.9 Å². The molecule has 1 heterocycles. The van der Waals surface area contributed by atoms with Gasteiger partial charge < -0.3 is 10.1 Å². The van der Waals surface area contributed by atoms with Crippen LogP contribution in [0.5, 0.6) is 5.75 Å². The minimum Gasteiger partial charge on any atom is -0.497 e. The lowest BCUT2D eigenvalue weighted by molar-refractivity contribution is 0.0954.